The highest BCUT2D eigenvalue weighted by atomic mass is 19.1. The van der Waals surface area contributed by atoms with E-state index in [1.165, 1.54) is 19.1 Å². The topological polar surface area (TPSA) is 89.8 Å². The Balaban J connectivity index is 2.95. The third kappa shape index (κ3) is 2.33. The molecule has 0 saturated heterocycles. The minimum atomic E-state index is -1.76. The summed E-state index contributed by atoms with van der Waals surface area (Å²) in [6.45, 7) is 0.0726. The predicted molar refractivity (Wildman–Crippen MR) is 55.4 cm³/mol. The molecule has 0 spiro atoms. The van der Waals surface area contributed by atoms with Crippen molar-refractivity contribution in [3.63, 3.8) is 0 Å². The number of carbonyl (C=O) groups is 1. The van der Waals surface area contributed by atoms with Gasteiger partial charge in [-0.25, -0.2) is 9.18 Å². The molecule has 16 heavy (non-hydrogen) atoms. The van der Waals surface area contributed by atoms with Gasteiger partial charge < -0.3 is 20.6 Å². The molecule has 0 heterocycles. The smallest absolute Gasteiger partial charge is 0.331 e. The second-order valence-corrected chi connectivity index (χ2v) is 3.60. The number of alkyl halides is 1. The highest BCUT2D eigenvalue weighted by molar-refractivity contribution is 5.82. The predicted octanol–water partition coefficient (Wildman–Crippen LogP) is 1.32. The van der Waals surface area contributed by atoms with E-state index in [1.807, 2.05) is 0 Å². The average molecular weight is 229 g/mol. The molecule has 0 aliphatic rings. The number of aliphatic carboxylic acids is 1. The van der Waals surface area contributed by atoms with Crippen molar-refractivity contribution >= 4 is 11.7 Å². The number of aromatic hydroxyl groups is 2. The van der Waals surface area contributed by atoms with Crippen LogP contribution in [-0.2, 0) is 4.79 Å². The number of phenols is 2. The van der Waals surface area contributed by atoms with E-state index in [4.69, 9.17) is 10.2 Å². The summed E-state index contributed by atoms with van der Waals surface area (Å²) in [5.74, 6) is -2.08. The van der Waals surface area contributed by atoms with E-state index in [0.717, 1.165) is 6.07 Å². The van der Waals surface area contributed by atoms with E-state index in [1.54, 1.807) is 0 Å². The van der Waals surface area contributed by atoms with Gasteiger partial charge in [-0.05, 0) is 19.1 Å². The Kier molecular flexibility index (Phi) is 3.22. The van der Waals surface area contributed by atoms with Gasteiger partial charge in [0.15, 0.2) is 17.0 Å². The highest BCUT2D eigenvalue weighted by Gasteiger charge is 2.33. The number of rotatable bonds is 4. The Morgan fingerprint density at radius 1 is 1.44 bits per heavy atom. The third-order valence-electron chi connectivity index (χ3n) is 2.13. The standard InChI is InChI=1S/C10H12FNO4/c1-10(5-11,9(15)16)12-6-2-3-7(13)8(14)4-6/h2-4,12-14H,5H2,1H3,(H,15,16)/t10-/m1/s1. The largest absolute Gasteiger partial charge is 0.504 e. The zero-order valence-electron chi connectivity index (χ0n) is 8.57. The fourth-order valence-electron chi connectivity index (χ4n) is 1.06. The van der Waals surface area contributed by atoms with Crippen LogP contribution in [0.25, 0.3) is 0 Å². The van der Waals surface area contributed by atoms with Gasteiger partial charge in [-0.15, -0.1) is 0 Å². The quantitative estimate of drug-likeness (QED) is 0.462. The first-order valence-electron chi connectivity index (χ1n) is 4.48. The Bertz CT molecular complexity index is 410. The summed E-state index contributed by atoms with van der Waals surface area (Å²) in [7, 11) is 0. The maximum Gasteiger partial charge on any atom is 0.331 e. The molecule has 0 aliphatic carbocycles. The minimum absolute atomic E-state index is 0.206. The van der Waals surface area contributed by atoms with Crippen molar-refractivity contribution in [2.75, 3.05) is 12.0 Å². The van der Waals surface area contributed by atoms with Gasteiger partial charge in [0.25, 0.3) is 0 Å². The molecular formula is C10H12FNO4. The van der Waals surface area contributed by atoms with Gasteiger partial charge in [0.1, 0.15) is 6.67 Å². The fraction of sp³-hybridized carbons (Fsp3) is 0.300. The van der Waals surface area contributed by atoms with Crippen LogP contribution in [0, 0.1) is 0 Å². The van der Waals surface area contributed by atoms with E-state index < -0.39 is 23.9 Å². The maximum atomic E-state index is 12.6. The van der Waals surface area contributed by atoms with Crippen LogP contribution < -0.4 is 5.32 Å². The van der Waals surface area contributed by atoms with Gasteiger partial charge in [0, 0.05) is 11.8 Å². The van der Waals surface area contributed by atoms with Crippen LogP contribution in [0.5, 0.6) is 11.5 Å². The van der Waals surface area contributed by atoms with E-state index in [2.05, 4.69) is 5.32 Å². The van der Waals surface area contributed by atoms with Gasteiger partial charge in [-0.1, -0.05) is 0 Å². The van der Waals surface area contributed by atoms with Crippen LogP contribution in [0.2, 0.25) is 0 Å². The van der Waals surface area contributed by atoms with Crippen molar-refractivity contribution in [3.05, 3.63) is 18.2 Å². The van der Waals surface area contributed by atoms with Gasteiger partial charge in [-0.3, -0.25) is 0 Å². The number of phenolic OH excluding ortho intramolecular Hbond substituents is 2. The molecule has 0 saturated carbocycles. The minimum Gasteiger partial charge on any atom is -0.504 e. The van der Waals surface area contributed by atoms with Crippen molar-refractivity contribution < 1.29 is 24.5 Å². The molecular weight excluding hydrogens is 217 g/mol. The van der Waals surface area contributed by atoms with Crippen LogP contribution >= 0.6 is 0 Å². The number of carboxylic acids is 1. The number of carboxylic acid groups (broad SMARTS) is 1. The summed E-state index contributed by atoms with van der Waals surface area (Å²) in [6, 6.07) is 3.64. The second kappa shape index (κ2) is 4.26. The van der Waals surface area contributed by atoms with Crippen molar-refractivity contribution in [3.8, 4) is 11.5 Å². The van der Waals surface area contributed by atoms with Crippen LogP contribution in [0.3, 0.4) is 0 Å². The molecule has 0 amide bonds. The average Bonchev–Trinajstić information content (AvgIpc) is 2.23. The van der Waals surface area contributed by atoms with Gasteiger partial charge >= 0.3 is 5.97 Å². The van der Waals surface area contributed by atoms with Crippen LogP contribution in [0.1, 0.15) is 6.92 Å². The normalized spacial score (nSPS) is 14.1. The summed E-state index contributed by atoms with van der Waals surface area (Å²) >= 11 is 0. The van der Waals surface area contributed by atoms with E-state index in [9.17, 15) is 14.3 Å². The van der Waals surface area contributed by atoms with E-state index in [-0.39, 0.29) is 11.4 Å². The molecule has 0 aliphatic heterocycles. The van der Waals surface area contributed by atoms with Crippen molar-refractivity contribution in [1.82, 2.24) is 0 Å². The van der Waals surface area contributed by atoms with Crippen LogP contribution in [0.4, 0.5) is 10.1 Å². The second-order valence-electron chi connectivity index (χ2n) is 3.60. The highest BCUT2D eigenvalue weighted by Crippen LogP contribution is 2.28. The lowest BCUT2D eigenvalue weighted by molar-refractivity contribution is -0.142. The Morgan fingerprint density at radius 3 is 2.50 bits per heavy atom. The first-order valence-corrected chi connectivity index (χ1v) is 4.48. The summed E-state index contributed by atoms with van der Waals surface area (Å²) in [5, 5.41) is 29.4. The monoisotopic (exact) mass is 229 g/mol. The number of anilines is 1. The molecule has 1 aromatic carbocycles. The van der Waals surface area contributed by atoms with Crippen LogP contribution in [0.15, 0.2) is 18.2 Å². The molecule has 4 N–H and O–H groups in total. The molecule has 0 unspecified atom stereocenters. The maximum absolute atomic E-state index is 12.6. The molecule has 0 fully saturated rings. The summed E-state index contributed by atoms with van der Waals surface area (Å²) in [6.07, 6.45) is 0. The Labute approximate surface area is 91.2 Å². The zero-order chi connectivity index (χ0) is 12.3. The van der Waals surface area contributed by atoms with Crippen LogP contribution in [-0.4, -0.2) is 33.5 Å². The molecule has 0 radical (unpaired) electrons. The number of halogens is 1. The van der Waals surface area contributed by atoms with Crippen molar-refractivity contribution in [2.45, 2.75) is 12.5 Å². The lowest BCUT2D eigenvalue weighted by Crippen LogP contribution is -2.45. The Hall–Kier alpha value is -1.98. The lowest BCUT2D eigenvalue weighted by Gasteiger charge is -2.24. The van der Waals surface area contributed by atoms with Crippen molar-refractivity contribution in [1.29, 1.82) is 0 Å². The first-order chi connectivity index (χ1) is 7.39. The molecule has 1 rings (SSSR count). The number of hydrogen-bond acceptors (Lipinski definition) is 4. The molecule has 1 atom stereocenters. The zero-order valence-corrected chi connectivity index (χ0v) is 8.57. The van der Waals surface area contributed by atoms with E-state index >= 15 is 0 Å². The van der Waals surface area contributed by atoms with Crippen molar-refractivity contribution in [2.24, 2.45) is 0 Å². The fourth-order valence-corrected chi connectivity index (χ4v) is 1.06. The molecule has 6 heteroatoms. The molecule has 88 valence electrons. The molecule has 5 nitrogen and oxygen atoms in total. The van der Waals surface area contributed by atoms with Gasteiger partial charge in [0.05, 0.1) is 0 Å². The lowest BCUT2D eigenvalue weighted by atomic mass is 10.0. The summed E-state index contributed by atoms with van der Waals surface area (Å²) in [5.41, 5.74) is -1.55. The number of hydrogen-bond donors (Lipinski definition) is 4. The summed E-state index contributed by atoms with van der Waals surface area (Å²) < 4.78 is 12.6. The van der Waals surface area contributed by atoms with Gasteiger partial charge in [0.2, 0.25) is 0 Å². The van der Waals surface area contributed by atoms with Gasteiger partial charge in [-0.2, -0.15) is 0 Å². The molecule has 0 aromatic heterocycles. The number of benzene rings is 1. The van der Waals surface area contributed by atoms with E-state index in [0.29, 0.717) is 0 Å². The first kappa shape index (κ1) is 12.1. The third-order valence-corrected chi connectivity index (χ3v) is 2.13. The Morgan fingerprint density at radius 2 is 2.06 bits per heavy atom. The number of nitrogens with one attached hydrogen (secondary N) is 1. The SMILES string of the molecule is C[C@](CF)(Nc1ccc(O)c(O)c1)C(=O)O. The molecule has 1 aromatic rings. The molecule has 0 bridgehead atoms. The summed E-state index contributed by atoms with van der Waals surface area (Å²) in [4.78, 5) is 10.8.